The Morgan fingerprint density at radius 3 is 2.82 bits per heavy atom. The minimum Gasteiger partial charge on any atom is -0.288 e. The van der Waals surface area contributed by atoms with Crippen molar-refractivity contribution in [1.82, 2.24) is 15.5 Å². The molecule has 0 saturated heterocycles. The maximum absolute atomic E-state index is 13.6. The molecule has 6 heteroatoms. The van der Waals surface area contributed by atoms with Gasteiger partial charge in [0.05, 0.1) is 22.0 Å². The number of aromatic nitrogens is 2. The van der Waals surface area contributed by atoms with Crippen LogP contribution in [0.1, 0.15) is 31.8 Å². The number of aromatic amines is 1. The Balaban J connectivity index is 1.79. The molecule has 2 N–H and O–H groups in total. The highest BCUT2D eigenvalue weighted by Gasteiger charge is 2.28. The minimum absolute atomic E-state index is 0.377. The number of hydrogen-bond acceptors (Lipinski definition) is 3. The second-order valence-electron chi connectivity index (χ2n) is 5.19. The van der Waals surface area contributed by atoms with Crippen molar-refractivity contribution in [1.29, 1.82) is 0 Å². The number of carbonyl (C=O) groups excluding carboxylic acids is 2. The molecule has 0 spiro atoms. The fraction of sp³-hybridized carbons (Fsp3) is 0.0625. The molecule has 1 aliphatic rings. The number of rotatable bonds is 2. The van der Waals surface area contributed by atoms with Crippen molar-refractivity contribution < 1.29 is 14.0 Å². The summed E-state index contributed by atoms with van der Waals surface area (Å²) in [5.74, 6) is -1.24. The van der Waals surface area contributed by atoms with Crippen LogP contribution in [0.2, 0.25) is 0 Å². The van der Waals surface area contributed by atoms with Gasteiger partial charge in [-0.25, -0.2) is 0 Å². The molecule has 5 nitrogen and oxygen atoms in total. The maximum atomic E-state index is 13.6. The lowest BCUT2D eigenvalue weighted by molar-refractivity contribution is 0.0879. The highest BCUT2D eigenvalue weighted by molar-refractivity contribution is 6.22. The van der Waals surface area contributed by atoms with Gasteiger partial charge in [-0.3, -0.25) is 20.0 Å². The van der Waals surface area contributed by atoms with Crippen LogP contribution in [-0.2, 0) is 6.42 Å². The molecular formula is C16H10FN3O2. The van der Waals surface area contributed by atoms with E-state index in [1.54, 1.807) is 30.3 Å². The zero-order chi connectivity index (χ0) is 15.3. The average molecular weight is 295 g/mol. The van der Waals surface area contributed by atoms with Gasteiger partial charge in [0.15, 0.2) is 0 Å². The number of imide groups is 1. The minimum atomic E-state index is -0.483. The zero-order valence-corrected chi connectivity index (χ0v) is 11.3. The van der Waals surface area contributed by atoms with E-state index in [2.05, 4.69) is 15.5 Å². The summed E-state index contributed by atoms with van der Waals surface area (Å²) >= 11 is 0. The van der Waals surface area contributed by atoms with Crippen molar-refractivity contribution in [2.75, 3.05) is 0 Å². The molecule has 0 aliphatic carbocycles. The van der Waals surface area contributed by atoms with Crippen LogP contribution in [0.4, 0.5) is 4.39 Å². The van der Waals surface area contributed by atoms with E-state index in [0.717, 1.165) is 11.1 Å². The van der Waals surface area contributed by atoms with Crippen LogP contribution in [0.25, 0.3) is 10.9 Å². The van der Waals surface area contributed by atoms with E-state index in [0.29, 0.717) is 28.5 Å². The van der Waals surface area contributed by atoms with Gasteiger partial charge < -0.3 is 0 Å². The molecule has 0 fully saturated rings. The van der Waals surface area contributed by atoms with Gasteiger partial charge in [-0.2, -0.15) is 9.49 Å². The fourth-order valence-corrected chi connectivity index (χ4v) is 2.79. The van der Waals surface area contributed by atoms with Gasteiger partial charge in [0, 0.05) is 0 Å². The molecule has 1 aromatic heterocycles. The summed E-state index contributed by atoms with van der Waals surface area (Å²) in [5, 5.41) is 8.83. The van der Waals surface area contributed by atoms with Crippen molar-refractivity contribution in [3.8, 4) is 0 Å². The highest BCUT2D eigenvalue weighted by Crippen LogP contribution is 2.24. The fourth-order valence-electron chi connectivity index (χ4n) is 2.79. The van der Waals surface area contributed by atoms with E-state index in [1.807, 2.05) is 6.07 Å². The third-order valence-electron chi connectivity index (χ3n) is 3.82. The largest absolute Gasteiger partial charge is 0.288 e. The number of H-pyrrole nitrogens is 1. The lowest BCUT2D eigenvalue weighted by Crippen LogP contribution is -2.20. The molecule has 2 aromatic carbocycles. The number of nitrogens with zero attached hydrogens (tertiary/aromatic N) is 1. The van der Waals surface area contributed by atoms with Crippen LogP contribution in [0.15, 0.2) is 36.4 Å². The predicted octanol–water partition coefficient (Wildman–Crippen LogP) is 2.18. The molecule has 0 atom stereocenters. The molecule has 4 rings (SSSR count). The topological polar surface area (TPSA) is 74.8 Å². The summed E-state index contributed by atoms with van der Waals surface area (Å²) < 4.78 is 13.6. The number of nitrogens with one attached hydrogen (secondary N) is 2. The van der Waals surface area contributed by atoms with Crippen LogP contribution in [0, 0.1) is 5.95 Å². The van der Waals surface area contributed by atoms with Gasteiger partial charge in [-0.1, -0.05) is 18.2 Å². The van der Waals surface area contributed by atoms with Crippen LogP contribution >= 0.6 is 0 Å². The lowest BCUT2D eigenvalue weighted by atomic mass is 9.96. The van der Waals surface area contributed by atoms with Gasteiger partial charge in [0.25, 0.3) is 11.8 Å². The summed E-state index contributed by atoms with van der Waals surface area (Å²) in [6.45, 7) is 0. The van der Waals surface area contributed by atoms with E-state index < -0.39 is 5.95 Å². The Hall–Kier alpha value is -3.02. The molecule has 2 heterocycles. The predicted molar refractivity (Wildman–Crippen MR) is 77.1 cm³/mol. The van der Waals surface area contributed by atoms with Gasteiger partial charge in [-0.15, -0.1) is 0 Å². The molecule has 0 bridgehead atoms. The molecule has 1 aliphatic heterocycles. The van der Waals surface area contributed by atoms with Crippen molar-refractivity contribution in [2.24, 2.45) is 0 Å². The molecular weight excluding hydrogens is 285 g/mol. The number of benzene rings is 2. The molecule has 3 aromatic rings. The van der Waals surface area contributed by atoms with Crippen molar-refractivity contribution in [2.45, 2.75) is 6.42 Å². The highest BCUT2D eigenvalue weighted by atomic mass is 19.1. The van der Waals surface area contributed by atoms with Gasteiger partial charge in [-0.05, 0) is 35.7 Å². The van der Waals surface area contributed by atoms with E-state index in [9.17, 15) is 14.0 Å². The monoisotopic (exact) mass is 295 g/mol. The van der Waals surface area contributed by atoms with E-state index in [1.165, 1.54) is 0 Å². The van der Waals surface area contributed by atoms with Crippen LogP contribution < -0.4 is 5.32 Å². The molecule has 22 heavy (non-hydrogen) atoms. The normalized spacial score (nSPS) is 13.5. The second-order valence-corrected chi connectivity index (χ2v) is 5.19. The smallest absolute Gasteiger partial charge is 0.259 e. The number of halogens is 1. The summed E-state index contributed by atoms with van der Waals surface area (Å²) in [6.07, 6.45) is 0.435. The van der Waals surface area contributed by atoms with E-state index >= 15 is 0 Å². The standard InChI is InChI=1S/C16H10FN3O2/c17-14-11-7-8(4-5-12(11)19-20-14)6-9-2-1-3-10-13(9)16(22)18-15(10)21/h1-5,7H,6H2,(H,19,20)(H,18,21,22). The van der Waals surface area contributed by atoms with Gasteiger partial charge >= 0.3 is 0 Å². The van der Waals surface area contributed by atoms with E-state index in [-0.39, 0.29) is 11.8 Å². The number of carbonyl (C=O) groups is 2. The quantitative estimate of drug-likeness (QED) is 0.712. The summed E-state index contributed by atoms with van der Waals surface area (Å²) in [6, 6.07) is 10.4. The molecule has 0 unspecified atom stereocenters. The van der Waals surface area contributed by atoms with Crippen LogP contribution in [0.5, 0.6) is 0 Å². The Labute approximate surface area is 124 Å². The second kappa shape index (κ2) is 4.49. The first-order valence-electron chi connectivity index (χ1n) is 6.73. The van der Waals surface area contributed by atoms with Gasteiger partial charge in [0.2, 0.25) is 5.95 Å². The third-order valence-corrected chi connectivity index (χ3v) is 3.82. The maximum Gasteiger partial charge on any atom is 0.259 e. The van der Waals surface area contributed by atoms with E-state index in [4.69, 9.17) is 0 Å². The summed E-state index contributed by atoms with van der Waals surface area (Å²) in [4.78, 5) is 23.6. The molecule has 2 amide bonds. The van der Waals surface area contributed by atoms with Crippen molar-refractivity contribution in [3.05, 3.63) is 64.6 Å². The Morgan fingerprint density at radius 2 is 1.95 bits per heavy atom. The first kappa shape index (κ1) is 12.7. The molecule has 0 radical (unpaired) electrons. The number of fused-ring (bicyclic) bond motifs is 2. The first-order valence-corrected chi connectivity index (χ1v) is 6.73. The summed E-state index contributed by atoms with van der Waals surface area (Å²) in [7, 11) is 0. The lowest BCUT2D eigenvalue weighted by Gasteiger charge is -2.06. The summed E-state index contributed by atoms with van der Waals surface area (Å²) in [5.41, 5.74) is 2.92. The van der Waals surface area contributed by atoms with Crippen LogP contribution in [0.3, 0.4) is 0 Å². The average Bonchev–Trinajstić information content (AvgIpc) is 3.01. The first-order chi connectivity index (χ1) is 10.6. The molecule has 108 valence electrons. The number of hydrogen-bond donors (Lipinski definition) is 2. The number of amides is 2. The zero-order valence-electron chi connectivity index (χ0n) is 11.3. The Kier molecular flexibility index (Phi) is 2.59. The Morgan fingerprint density at radius 1 is 1.09 bits per heavy atom. The van der Waals surface area contributed by atoms with Gasteiger partial charge in [0.1, 0.15) is 0 Å². The van der Waals surface area contributed by atoms with Crippen molar-refractivity contribution >= 4 is 22.7 Å². The van der Waals surface area contributed by atoms with Crippen molar-refractivity contribution in [3.63, 3.8) is 0 Å². The Bertz CT molecular complexity index is 946. The molecule has 0 saturated carbocycles. The third kappa shape index (κ3) is 1.81. The van der Waals surface area contributed by atoms with Crippen LogP contribution in [-0.4, -0.2) is 22.0 Å². The SMILES string of the molecule is O=C1NC(=O)c2c(Cc3ccc4n[nH]c(F)c4c3)cccc21.